The summed E-state index contributed by atoms with van der Waals surface area (Å²) in [5.74, 6) is -0.290. The van der Waals surface area contributed by atoms with Crippen LogP contribution in [0, 0.1) is 5.92 Å². The number of ether oxygens (including phenoxy) is 1. The van der Waals surface area contributed by atoms with Crippen LogP contribution in [0.15, 0.2) is 0 Å². The summed E-state index contributed by atoms with van der Waals surface area (Å²) in [5.41, 5.74) is 5.30. The quantitative estimate of drug-likeness (QED) is 0.424. The second-order valence-electron chi connectivity index (χ2n) is 5.20. The fourth-order valence-corrected chi connectivity index (χ4v) is 2.06. The molecule has 0 radical (unpaired) electrons. The van der Waals surface area contributed by atoms with Gasteiger partial charge >= 0.3 is 5.97 Å². The van der Waals surface area contributed by atoms with Gasteiger partial charge in [-0.25, -0.2) is 0 Å². The normalized spacial score (nSPS) is 13.8. The lowest BCUT2D eigenvalue weighted by atomic mass is 9.99. The lowest BCUT2D eigenvalue weighted by molar-refractivity contribution is -0.144. The van der Waals surface area contributed by atoms with Crippen LogP contribution < -0.4 is 11.1 Å². The number of amides is 1. The third kappa shape index (κ3) is 8.91. The minimum absolute atomic E-state index is 0.147. The largest absolute Gasteiger partial charge is 0.466 e. The molecule has 1 unspecified atom stereocenters. The standard InChI is InChI=1S/C15H30N2O3/c1-4-7-9-20-14(18)10-12(8-5-2)11-17-13(6-3)15(16)19/h12-13,17H,4-11H2,1-3H3,(H2,16,19)/t12?,13-/m0/s1. The first-order valence-electron chi connectivity index (χ1n) is 7.73. The lowest BCUT2D eigenvalue weighted by Gasteiger charge is -2.19. The van der Waals surface area contributed by atoms with Crippen molar-refractivity contribution in [1.29, 1.82) is 0 Å². The van der Waals surface area contributed by atoms with Crippen molar-refractivity contribution in [1.82, 2.24) is 5.32 Å². The maximum atomic E-state index is 11.7. The summed E-state index contributed by atoms with van der Waals surface area (Å²) >= 11 is 0. The average molecular weight is 286 g/mol. The van der Waals surface area contributed by atoms with Gasteiger partial charge in [0.25, 0.3) is 0 Å². The predicted octanol–water partition coefficient (Wildman–Crippen LogP) is 1.99. The van der Waals surface area contributed by atoms with E-state index in [9.17, 15) is 9.59 Å². The summed E-state index contributed by atoms with van der Waals surface area (Å²) in [6.07, 6.45) is 4.92. The highest BCUT2D eigenvalue weighted by Crippen LogP contribution is 2.12. The first kappa shape index (κ1) is 18.9. The van der Waals surface area contributed by atoms with Crippen molar-refractivity contribution in [3.8, 4) is 0 Å². The molecule has 5 nitrogen and oxygen atoms in total. The molecule has 2 atom stereocenters. The van der Waals surface area contributed by atoms with Crippen molar-refractivity contribution in [2.75, 3.05) is 13.2 Å². The van der Waals surface area contributed by atoms with E-state index >= 15 is 0 Å². The van der Waals surface area contributed by atoms with Gasteiger partial charge in [-0.1, -0.05) is 33.6 Å². The molecule has 0 spiro atoms. The molecule has 0 aliphatic heterocycles. The van der Waals surface area contributed by atoms with Gasteiger partial charge in [-0.15, -0.1) is 0 Å². The number of nitrogens with two attached hydrogens (primary N) is 1. The minimum Gasteiger partial charge on any atom is -0.466 e. The smallest absolute Gasteiger partial charge is 0.306 e. The molecular weight excluding hydrogens is 256 g/mol. The molecule has 0 saturated carbocycles. The molecular formula is C15H30N2O3. The number of primary amides is 1. The summed E-state index contributed by atoms with van der Waals surface area (Å²) in [7, 11) is 0. The van der Waals surface area contributed by atoms with Gasteiger partial charge in [0.05, 0.1) is 12.6 Å². The molecule has 20 heavy (non-hydrogen) atoms. The molecule has 0 aromatic heterocycles. The third-order valence-corrected chi connectivity index (χ3v) is 3.32. The first-order valence-corrected chi connectivity index (χ1v) is 7.73. The predicted molar refractivity (Wildman–Crippen MR) is 80.2 cm³/mol. The Morgan fingerprint density at radius 2 is 1.90 bits per heavy atom. The van der Waals surface area contributed by atoms with Crippen LogP contribution in [-0.4, -0.2) is 31.1 Å². The molecule has 0 aliphatic rings. The Morgan fingerprint density at radius 1 is 1.20 bits per heavy atom. The van der Waals surface area contributed by atoms with Crippen LogP contribution in [0.3, 0.4) is 0 Å². The Kier molecular flexibility index (Phi) is 11.1. The topological polar surface area (TPSA) is 81.4 Å². The molecule has 0 bridgehead atoms. The number of unbranched alkanes of at least 4 members (excludes halogenated alkanes) is 1. The van der Waals surface area contributed by atoms with E-state index in [1.807, 2.05) is 6.92 Å². The molecule has 0 aromatic carbocycles. The Hall–Kier alpha value is -1.10. The third-order valence-electron chi connectivity index (χ3n) is 3.32. The van der Waals surface area contributed by atoms with Gasteiger partial charge in [0, 0.05) is 6.42 Å². The summed E-state index contributed by atoms with van der Waals surface area (Å²) in [4.78, 5) is 22.9. The first-order chi connectivity index (χ1) is 9.54. The fraction of sp³-hybridized carbons (Fsp3) is 0.867. The number of carbonyl (C=O) groups excluding carboxylic acids is 2. The van der Waals surface area contributed by atoms with Crippen molar-refractivity contribution in [2.24, 2.45) is 11.7 Å². The number of hydrogen-bond donors (Lipinski definition) is 2. The van der Waals surface area contributed by atoms with E-state index in [4.69, 9.17) is 10.5 Å². The zero-order valence-electron chi connectivity index (χ0n) is 13.1. The monoisotopic (exact) mass is 286 g/mol. The van der Waals surface area contributed by atoms with Gasteiger partial charge in [0.15, 0.2) is 0 Å². The van der Waals surface area contributed by atoms with Crippen LogP contribution in [0.4, 0.5) is 0 Å². The maximum Gasteiger partial charge on any atom is 0.306 e. The zero-order chi connectivity index (χ0) is 15.4. The average Bonchev–Trinajstić information content (AvgIpc) is 2.39. The molecule has 0 aliphatic carbocycles. The van der Waals surface area contributed by atoms with E-state index in [1.54, 1.807) is 0 Å². The molecule has 0 aromatic rings. The van der Waals surface area contributed by atoms with Crippen molar-refractivity contribution < 1.29 is 14.3 Å². The highest BCUT2D eigenvalue weighted by Gasteiger charge is 2.18. The van der Waals surface area contributed by atoms with E-state index in [-0.39, 0.29) is 23.8 Å². The van der Waals surface area contributed by atoms with E-state index in [1.165, 1.54) is 0 Å². The van der Waals surface area contributed by atoms with Gasteiger partial charge in [-0.3, -0.25) is 9.59 Å². The van der Waals surface area contributed by atoms with Crippen LogP contribution >= 0.6 is 0 Å². The number of nitrogens with one attached hydrogen (secondary N) is 1. The van der Waals surface area contributed by atoms with Crippen molar-refractivity contribution in [2.45, 2.75) is 65.3 Å². The van der Waals surface area contributed by atoms with E-state index in [2.05, 4.69) is 19.2 Å². The second-order valence-corrected chi connectivity index (χ2v) is 5.20. The lowest BCUT2D eigenvalue weighted by Crippen LogP contribution is -2.43. The Labute approximate surface area is 122 Å². The van der Waals surface area contributed by atoms with Crippen LogP contribution in [0.2, 0.25) is 0 Å². The molecule has 0 heterocycles. The summed E-state index contributed by atoms with van der Waals surface area (Å²) in [5, 5.41) is 3.14. The molecule has 0 rings (SSSR count). The number of carbonyl (C=O) groups is 2. The van der Waals surface area contributed by atoms with Gasteiger partial charge in [-0.2, -0.15) is 0 Å². The van der Waals surface area contributed by atoms with Crippen molar-refractivity contribution in [3.05, 3.63) is 0 Å². The molecule has 118 valence electrons. The SMILES string of the molecule is CCCCOC(=O)CC(CCC)CN[C@@H](CC)C(N)=O. The van der Waals surface area contributed by atoms with Crippen molar-refractivity contribution >= 4 is 11.9 Å². The van der Waals surface area contributed by atoms with Gasteiger partial charge < -0.3 is 15.8 Å². The molecule has 1 amide bonds. The van der Waals surface area contributed by atoms with Crippen molar-refractivity contribution in [3.63, 3.8) is 0 Å². The highest BCUT2D eigenvalue weighted by atomic mass is 16.5. The second kappa shape index (κ2) is 11.7. The zero-order valence-corrected chi connectivity index (χ0v) is 13.1. The number of rotatable bonds is 12. The summed E-state index contributed by atoms with van der Waals surface area (Å²) < 4.78 is 5.18. The van der Waals surface area contributed by atoms with Crippen LogP contribution in [-0.2, 0) is 14.3 Å². The van der Waals surface area contributed by atoms with Gasteiger partial charge in [0.2, 0.25) is 5.91 Å². The molecule has 5 heteroatoms. The van der Waals surface area contributed by atoms with Gasteiger partial charge in [0.1, 0.15) is 0 Å². The molecule has 0 fully saturated rings. The van der Waals surface area contributed by atoms with Gasteiger partial charge in [-0.05, 0) is 31.7 Å². The molecule has 3 N–H and O–H groups in total. The maximum absolute atomic E-state index is 11.7. The Bertz CT molecular complexity index is 282. The summed E-state index contributed by atoms with van der Waals surface area (Å²) in [6.45, 7) is 7.18. The van der Waals surface area contributed by atoms with E-state index < -0.39 is 0 Å². The number of esters is 1. The van der Waals surface area contributed by atoms with Crippen LogP contribution in [0.1, 0.15) is 59.3 Å². The minimum atomic E-state index is -0.340. The molecule has 0 saturated heterocycles. The Balaban J connectivity index is 4.14. The Morgan fingerprint density at radius 3 is 2.40 bits per heavy atom. The van der Waals surface area contributed by atoms with Crippen LogP contribution in [0.25, 0.3) is 0 Å². The summed E-state index contributed by atoms with van der Waals surface area (Å²) in [6, 6.07) is -0.314. The van der Waals surface area contributed by atoms with E-state index in [0.717, 1.165) is 25.7 Å². The number of hydrogen-bond acceptors (Lipinski definition) is 4. The highest BCUT2D eigenvalue weighted by molar-refractivity contribution is 5.79. The fourth-order valence-electron chi connectivity index (χ4n) is 2.06. The van der Waals surface area contributed by atoms with E-state index in [0.29, 0.717) is 26.0 Å². The van der Waals surface area contributed by atoms with Crippen LogP contribution in [0.5, 0.6) is 0 Å².